The Kier molecular flexibility index (Phi) is 3.82. The average Bonchev–Trinajstić information content (AvgIpc) is 2.01. The van der Waals surface area contributed by atoms with Gasteiger partial charge in [-0.05, 0) is 13.8 Å². The molecule has 0 radical (unpaired) electrons. The largest absolute Gasteiger partial charge is 0.491 e. The predicted molar refractivity (Wildman–Crippen MR) is 54.6 cm³/mol. The van der Waals surface area contributed by atoms with Gasteiger partial charge in [0.15, 0.2) is 0 Å². The summed E-state index contributed by atoms with van der Waals surface area (Å²) in [5.74, 6) is 1.06. The van der Waals surface area contributed by atoms with E-state index in [1.165, 1.54) is 0 Å². The molecule has 0 saturated carbocycles. The molecule has 0 unspecified atom stereocenters. The van der Waals surface area contributed by atoms with Crippen LogP contribution in [0.15, 0.2) is 12.1 Å². The zero-order valence-corrected chi connectivity index (χ0v) is 9.06. The van der Waals surface area contributed by atoms with Crippen molar-refractivity contribution in [3.8, 4) is 5.75 Å². The molecule has 0 fully saturated rings. The highest BCUT2D eigenvalue weighted by molar-refractivity contribution is 6.29. The van der Waals surface area contributed by atoms with Crippen LogP contribution in [0.3, 0.4) is 0 Å². The monoisotopic (exact) mass is 219 g/mol. The van der Waals surface area contributed by atoms with Crippen LogP contribution in [0, 0.1) is 0 Å². The summed E-state index contributed by atoms with van der Waals surface area (Å²) in [6, 6.07) is 3.47. The SMILES string of the molecule is CC(C)Oc1cc(Cl)nc(CCl)c1. The van der Waals surface area contributed by atoms with Crippen molar-refractivity contribution in [3.63, 3.8) is 0 Å². The molecule has 0 N–H and O–H groups in total. The molecule has 1 rings (SSSR count). The lowest BCUT2D eigenvalue weighted by Gasteiger charge is -2.10. The van der Waals surface area contributed by atoms with Gasteiger partial charge in [-0.25, -0.2) is 4.98 Å². The van der Waals surface area contributed by atoms with Gasteiger partial charge in [-0.2, -0.15) is 0 Å². The molecule has 1 aromatic heterocycles. The maximum absolute atomic E-state index is 5.76. The topological polar surface area (TPSA) is 22.1 Å². The number of halogens is 2. The Morgan fingerprint density at radius 3 is 2.69 bits per heavy atom. The molecule has 0 saturated heterocycles. The summed E-state index contributed by atoms with van der Waals surface area (Å²) in [6.07, 6.45) is 0.127. The van der Waals surface area contributed by atoms with Gasteiger partial charge < -0.3 is 4.74 Å². The second-order valence-electron chi connectivity index (χ2n) is 2.92. The molecule has 0 atom stereocenters. The third-order valence-electron chi connectivity index (χ3n) is 1.33. The molecule has 13 heavy (non-hydrogen) atoms. The number of pyridine rings is 1. The van der Waals surface area contributed by atoms with Crippen LogP contribution in [0.1, 0.15) is 19.5 Å². The summed E-state index contributed by atoms with van der Waals surface area (Å²) in [6.45, 7) is 3.91. The van der Waals surface area contributed by atoms with Crippen molar-refractivity contribution in [2.24, 2.45) is 0 Å². The lowest BCUT2D eigenvalue weighted by atomic mass is 10.3. The van der Waals surface area contributed by atoms with Gasteiger partial charge in [-0.1, -0.05) is 11.6 Å². The molecule has 2 nitrogen and oxygen atoms in total. The van der Waals surface area contributed by atoms with Crippen LogP contribution >= 0.6 is 23.2 Å². The first-order valence-corrected chi connectivity index (χ1v) is 4.92. The lowest BCUT2D eigenvalue weighted by Crippen LogP contribution is -2.06. The Morgan fingerprint density at radius 1 is 1.46 bits per heavy atom. The second kappa shape index (κ2) is 4.68. The highest BCUT2D eigenvalue weighted by atomic mass is 35.5. The van der Waals surface area contributed by atoms with Gasteiger partial charge in [-0.3, -0.25) is 0 Å². The van der Waals surface area contributed by atoms with Crippen molar-refractivity contribution in [2.45, 2.75) is 25.8 Å². The lowest BCUT2D eigenvalue weighted by molar-refractivity contribution is 0.242. The smallest absolute Gasteiger partial charge is 0.133 e. The van der Waals surface area contributed by atoms with E-state index in [4.69, 9.17) is 27.9 Å². The van der Waals surface area contributed by atoms with Gasteiger partial charge >= 0.3 is 0 Å². The van der Waals surface area contributed by atoms with E-state index in [9.17, 15) is 0 Å². The van der Waals surface area contributed by atoms with Crippen LogP contribution < -0.4 is 4.74 Å². The van der Waals surface area contributed by atoms with E-state index in [2.05, 4.69) is 4.98 Å². The first kappa shape index (κ1) is 10.6. The first-order valence-electron chi connectivity index (χ1n) is 4.01. The van der Waals surface area contributed by atoms with Gasteiger partial charge in [-0.15, -0.1) is 11.6 Å². The third kappa shape index (κ3) is 3.41. The standard InChI is InChI=1S/C9H11Cl2NO/c1-6(2)13-8-3-7(5-10)12-9(11)4-8/h3-4,6H,5H2,1-2H3. The Balaban J connectivity index is 2.88. The molecule has 0 amide bonds. The van der Waals surface area contributed by atoms with E-state index in [0.717, 1.165) is 5.69 Å². The second-order valence-corrected chi connectivity index (χ2v) is 3.57. The van der Waals surface area contributed by atoms with Gasteiger partial charge in [0.2, 0.25) is 0 Å². The molecule has 0 spiro atoms. The average molecular weight is 220 g/mol. The number of hydrogen-bond donors (Lipinski definition) is 0. The predicted octanol–water partition coefficient (Wildman–Crippen LogP) is 3.26. The van der Waals surface area contributed by atoms with E-state index >= 15 is 0 Å². The number of ether oxygens (including phenoxy) is 1. The summed E-state index contributed by atoms with van der Waals surface area (Å²) in [7, 11) is 0. The molecule has 0 aromatic carbocycles. The summed E-state index contributed by atoms with van der Waals surface area (Å²) >= 11 is 11.4. The number of hydrogen-bond acceptors (Lipinski definition) is 2. The summed E-state index contributed by atoms with van der Waals surface area (Å²) in [5, 5.41) is 0.411. The number of rotatable bonds is 3. The van der Waals surface area contributed by atoms with Crippen molar-refractivity contribution in [2.75, 3.05) is 0 Å². The van der Waals surface area contributed by atoms with Gasteiger partial charge in [0.1, 0.15) is 10.9 Å². The Morgan fingerprint density at radius 2 is 2.15 bits per heavy atom. The fraction of sp³-hybridized carbons (Fsp3) is 0.444. The van der Waals surface area contributed by atoms with Gasteiger partial charge in [0.25, 0.3) is 0 Å². The molecule has 0 aliphatic rings. The highest BCUT2D eigenvalue weighted by Crippen LogP contribution is 2.19. The van der Waals surface area contributed by atoms with Crippen LogP contribution in [0.5, 0.6) is 5.75 Å². The normalized spacial score (nSPS) is 10.5. The van der Waals surface area contributed by atoms with E-state index < -0.39 is 0 Å². The molecule has 1 heterocycles. The number of alkyl halides is 1. The molecule has 1 aromatic rings. The highest BCUT2D eigenvalue weighted by Gasteiger charge is 2.02. The van der Waals surface area contributed by atoms with Crippen LogP contribution in [-0.2, 0) is 5.88 Å². The Labute approximate surface area is 87.8 Å². The zero-order chi connectivity index (χ0) is 9.84. The van der Waals surface area contributed by atoms with Crippen molar-refractivity contribution in [3.05, 3.63) is 23.0 Å². The van der Waals surface area contributed by atoms with E-state index in [0.29, 0.717) is 16.8 Å². The van der Waals surface area contributed by atoms with Crippen molar-refractivity contribution < 1.29 is 4.74 Å². The quantitative estimate of drug-likeness (QED) is 0.576. The summed E-state index contributed by atoms with van der Waals surface area (Å²) < 4.78 is 5.45. The third-order valence-corrected chi connectivity index (χ3v) is 1.80. The molecular weight excluding hydrogens is 209 g/mol. The zero-order valence-electron chi connectivity index (χ0n) is 7.55. The summed E-state index contributed by atoms with van der Waals surface area (Å²) in [4.78, 5) is 4.01. The van der Waals surface area contributed by atoms with Gasteiger partial charge in [0, 0.05) is 12.1 Å². The fourth-order valence-corrected chi connectivity index (χ4v) is 1.29. The summed E-state index contributed by atoms with van der Waals surface area (Å²) in [5.41, 5.74) is 0.727. The maximum Gasteiger partial charge on any atom is 0.133 e. The van der Waals surface area contributed by atoms with Crippen molar-refractivity contribution in [1.82, 2.24) is 4.98 Å². The molecule has 4 heteroatoms. The maximum atomic E-state index is 5.76. The van der Waals surface area contributed by atoms with E-state index in [1.807, 2.05) is 13.8 Å². The van der Waals surface area contributed by atoms with E-state index in [1.54, 1.807) is 12.1 Å². The van der Waals surface area contributed by atoms with Crippen molar-refractivity contribution >= 4 is 23.2 Å². The molecule has 72 valence electrons. The van der Waals surface area contributed by atoms with Gasteiger partial charge in [0.05, 0.1) is 17.7 Å². The van der Waals surface area contributed by atoms with Crippen LogP contribution in [0.4, 0.5) is 0 Å². The van der Waals surface area contributed by atoms with E-state index in [-0.39, 0.29) is 6.10 Å². The molecular formula is C9H11Cl2NO. The van der Waals surface area contributed by atoms with Crippen molar-refractivity contribution in [1.29, 1.82) is 0 Å². The Hall–Kier alpha value is -0.470. The molecule has 0 aliphatic heterocycles. The number of aromatic nitrogens is 1. The Bertz CT molecular complexity index is 289. The van der Waals surface area contributed by atoms with Crippen LogP contribution in [0.2, 0.25) is 5.15 Å². The minimum atomic E-state index is 0.127. The first-order chi connectivity index (χ1) is 6.11. The minimum Gasteiger partial charge on any atom is -0.491 e. The molecule has 0 aliphatic carbocycles. The number of nitrogens with zero attached hydrogens (tertiary/aromatic N) is 1. The van der Waals surface area contributed by atoms with Crippen LogP contribution in [-0.4, -0.2) is 11.1 Å². The van der Waals surface area contributed by atoms with Crippen LogP contribution in [0.25, 0.3) is 0 Å². The minimum absolute atomic E-state index is 0.127. The molecule has 0 bridgehead atoms. The fourth-order valence-electron chi connectivity index (χ4n) is 0.934.